The van der Waals surface area contributed by atoms with Crippen LogP contribution in [0.15, 0.2) is 22.7 Å². The summed E-state index contributed by atoms with van der Waals surface area (Å²) in [5, 5.41) is 6.47. The summed E-state index contributed by atoms with van der Waals surface area (Å²) in [5.74, 6) is 0.153. The Bertz CT molecular complexity index is 635. The maximum atomic E-state index is 12.1. The van der Waals surface area contributed by atoms with E-state index < -0.39 is 0 Å². The van der Waals surface area contributed by atoms with Crippen LogP contribution in [0.4, 0.5) is 11.4 Å². The van der Waals surface area contributed by atoms with Crippen molar-refractivity contribution >= 4 is 17.3 Å². The van der Waals surface area contributed by atoms with Crippen LogP contribution in [0.25, 0.3) is 0 Å². The van der Waals surface area contributed by atoms with E-state index in [2.05, 4.69) is 10.5 Å². The maximum Gasteiger partial charge on any atom is 0.277 e. The summed E-state index contributed by atoms with van der Waals surface area (Å²) in [6, 6.07) is 5.20. The van der Waals surface area contributed by atoms with Gasteiger partial charge in [-0.15, -0.1) is 0 Å². The Morgan fingerprint density at radius 1 is 1.35 bits per heavy atom. The van der Waals surface area contributed by atoms with Crippen molar-refractivity contribution in [3.05, 3.63) is 40.8 Å². The molecule has 0 bridgehead atoms. The minimum atomic E-state index is -0.345. The quantitative estimate of drug-likeness (QED) is 0.835. The van der Waals surface area contributed by atoms with Crippen molar-refractivity contribution in [1.29, 1.82) is 0 Å². The van der Waals surface area contributed by atoms with Crippen LogP contribution in [0.5, 0.6) is 0 Å². The zero-order chi connectivity index (χ0) is 14.7. The fourth-order valence-corrected chi connectivity index (χ4v) is 1.82. The van der Waals surface area contributed by atoms with Gasteiger partial charge in [0.1, 0.15) is 6.61 Å². The molecule has 3 N–H and O–H groups in total. The monoisotopic (exact) mass is 275 g/mol. The molecule has 2 aromatic rings. The topological polar surface area (TPSA) is 90.4 Å². The number of nitrogens with zero attached hydrogens (tertiary/aromatic N) is 1. The summed E-state index contributed by atoms with van der Waals surface area (Å²) in [6.45, 7) is 4.10. The zero-order valence-corrected chi connectivity index (χ0v) is 11.7. The third-order valence-corrected chi connectivity index (χ3v) is 2.94. The van der Waals surface area contributed by atoms with Crippen LogP contribution in [0, 0.1) is 13.8 Å². The molecule has 0 aliphatic rings. The van der Waals surface area contributed by atoms with Crippen LogP contribution >= 0.6 is 0 Å². The first-order valence-corrected chi connectivity index (χ1v) is 6.14. The van der Waals surface area contributed by atoms with Gasteiger partial charge in [-0.25, -0.2) is 0 Å². The molecule has 0 spiro atoms. The highest BCUT2D eigenvalue weighted by atomic mass is 16.5. The van der Waals surface area contributed by atoms with Crippen molar-refractivity contribution < 1.29 is 14.1 Å². The largest absolute Gasteiger partial charge is 0.398 e. The van der Waals surface area contributed by atoms with E-state index in [0.717, 1.165) is 11.1 Å². The molecule has 0 aliphatic heterocycles. The van der Waals surface area contributed by atoms with E-state index in [1.54, 1.807) is 19.2 Å². The normalized spacial score (nSPS) is 10.6. The highest BCUT2D eigenvalue weighted by Crippen LogP contribution is 2.22. The van der Waals surface area contributed by atoms with Crippen molar-refractivity contribution in [3.8, 4) is 0 Å². The minimum absolute atomic E-state index is 0.204. The number of nitrogens with two attached hydrogens (primary N) is 1. The molecule has 1 amide bonds. The predicted octanol–water partition coefficient (Wildman–Crippen LogP) is 2.27. The number of hydrogen-bond acceptors (Lipinski definition) is 5. The van der Waals surface area contributed by atoms with Gasteiger partial charge in [-0.2, -0.15) is 0 Å². The number of hydrogen-bond donors (Lipinski definition) is 2. The number of nitrogens with one attached hydrogen (secondary N) is 1. The predicted molar refractivity (Wildman–Crippen MR) is 75.5 cm³/mol. The van der Waals surface area contributed by atoms with Crippen molar-refractivity contribution in [1.82, 2.24) is 5.16 Å². The molecule has 1 heterocycles. The van der Waals surface area contributed by atoms with E-state index >= 15 is 0 Å². The van der Waals surface area contributed by atoms with Gasteiger partial charge in [-0.1, -0.05) is 11.2 Å². The summed E-state index contributed by atoms with van der Waals surface area (Å²) in [5.41, 5.74) is 9.25. The number of carbonyl (C=O) groups is 1. The standard InChI is InChI=1S/C14H17N3O3/c1-8-4-9(2)12(6-11(8)15)16-14(18)13-5-10(7-19-3)20-17-13/h4-6H,7,15H2,1-3H3,(H,16,18). The Balaban J connectivity index is 2.16. The molecular weight excluding hydrogens is 258 g/mol. The number of amides is 1. The van der Waals surface area contributed by atoms with Crippen LogP contribution in [0.2, 0.25) is 0 Å². The molecule has 1 aromatic carbocycles. The summed E-state index contributed by atoms with van der Waals surface area (Å²) in [7, 11) is 1.54. The number of methoxy groups -OCH3 is 1. The Labute approximate surface area is 116 Å². The smallest absolute Gasteiger partial charge is 0.277 e. The molecule has 0 atom stereocenters. The molecule has 0 radical (unpaired) electrons. The highest BCUT2D eigenvalue weighted by Gasteiger charge is 2.14. The van der Waals surface area contributed by atoms with Crippen molar-refractivity contribution in [2.45, 2.75) is 20.5 Å². The van der Waals surface area contributed by atoms with E-state index in [9.17, 15) is 4.79 Å². The fraction of sp³-hybridized carbons (Fsp3) is 0.286. The van der Waals surface area contributed by atoms with E-state index in [1.807, 2.05) is 19.9 Å². The number of benzene rings is 1. The fourth-order valence-electron chi connectivity index (χ4n) is 1.82. The molecular formula is C14H17N3O3. The Kier molecular flexibility index (Phi) is 4.05. The van der Waals surface area contributed by atoms with Crippen molar-refractivity contribution in [2.24, 2.45) is 0 Å². The van der Waals surface area contributed by atoms with E-state index in [-0.39, 0.29) is 18.2 Å². The molecule has 6 heteroatoms. The van der Waals surface area contributed by atoms with Crippen molar-refractivity contribution in [2.75, 3.05) is 18.2 Å². The van der Waals surface area contributed by atoms with Gasteiger partial charge in [0, 0.05) is 24.6 Å². The second-order valence-corrected chi connectivity index (χ2v) is 4.59. The number of ether oxygens (including phenoxy) is 1. The molecule has 1 aromatic heterocycles. The highest BCUT2D eigenvalue weighted by molar-refractivity contribution is 6.03. The molecule has 2 rings (SSSR count). The zero-order valence-electron chi connectivity index (χ0n) is 11.7. The Morgan fingerprint density at radius 3 is 2.80 bits per heavy atom. The van der Waals surface area contributed by atoms with Gasteiger partial charge in [-0.3, -0.25) is 4.79 Å². The lowest BCUT2D eigenvalue weighted by Gasteiger charge is -2.10. The number of aryl methyl sites for hydroxylation is 2. The molecule has 0 saturated heterocycles. The molecule has 106 valence electrons. The lowest BCUT2D eigenvalue weighted by molar-refractivity contribution is 0.101. The molecule has 0 fully saturated rings. The average molecular weight is 275 g/mol. The van der Waals surface area contributed by atoms with Gasteiger partial charge in [-0.05, 0) is 31.0 Å². The number of nitrogen functional groups attached to an aromatic ring is 1. The third kappa shape index (κ3) is 2.97. The summed E-state index contributed by atoms with van der Waals surface area (Å²) < 4.78 is 9.88. The molecule has 6 nitrogen and oxygen atoms in total. The van der Waals surface area contributed by atoms with Gasteiger partial charge in [0.2, 0.25) is 0 Å². The maximum absolute atomic E-state index is 12.1. The number of anilines is 2. The average Bonchev–Trinajstić information content (AvgIpc) is 2.85. The van der Waals surface area contributed by atoms with Crippen LogP contribution < -0.4 is 11.1 Å². The van der Waals surface area contributed by atoms with Crippen LogP contribution in [0.1, 0.15) is 27.4 Å². The molecule has 0 saturated carbocycles. The molecule has 20 heavy (non-hydrogen) atoms. The second-order valence-electron chi connectivity index (χ2n) is 4.59. The van der Waals surface area contributed by atoms with E-state index in [0.29, 0.717) is 17.1 Å². The lowest BCUT2D eigenvalue weighted by Crippen LogP contribution is -2.13. The van der Waals surface area contributed by atoms with Gasteiger partial charge < -0.3 is 20.3 Å². The second kappa shape index (κ2) is 5.75. The Hall–Kier alpha value is -2.34. The van der Waals surface area contributed by atoms with Crippen LogP contribution in [0.3, 0.4) is 0 Å². The first-order chi connectivity index (χ1) is 9.51. The minimum Gasteiger partial charge on any atom is -0.398 e. The van der Waals surface area contributed by atoms with Crippen LogP contribution in [-0.2, 0) is 11.3 Å². The summed E-state index contributed by atoms with van der Waals surface area (Å²) in [6.07, 6.45) is 0. The first kappa shape index (κ1) is 14.1. The van der Waals surface area contributed by atoms with Crippen LogP contribution in [-0.4, -0.2) is 18.2 Å². The number of rotatable bonds is 4. The van der Waals surface area contributed by atoms with E-state index in [1.165, 1.54) is 0 Å². The van der Waals surface area contributed by atoms with Crippen molar-refractivity contribution in [3.63, 3.8) is 0 Å². The lowest BCUT2D eigenvalue weighted by atomic mass is 10.1. The van der Waals surface area contributed by atoms with E-state index in [4.69, 9.17) is 15.0 Å². The van der Waals surface area contributed by atoms with Gasteiger partial charge in [0.25, 0.3) is 5.91 Å². The van der Waals surface area contributed by atoms with Gasteiger partial charge in [0.15, 0.2) is 11.5 Å². The third-order valence-electron chi connectivity index (χ3n) is 2.94. The summed E-state index contributed by atoms with van der Waals surface area (Å²) in [4.78, 5) is 12.1. The first-order valence-electron chi connectivity index (χ1n) is 6.14. The molecule has 0 aliphatic carbocycles. The molecule has 0 unspecified atom stereocenters. The number of aromatic nitrogens is 1. The SMILES string of the molecule is COCc1cc(C(=O)Nc2cc(N)c(C)cc2C)no1. The Morgan fingerprint density at radius 2 is 2.10 bits per heavy atom. The number of carbonyl (C=O) groups excluding carboxylic acids is 1. The van der Waals surface area contributed by atoms with Gasteiger partial charge >= 0.3 is 0 Å². The van der Waals surface area contributed by atoms with Gasteiger partial charge in [0.05, 0.1) is 0 Å². The summed E-state index contributed by atoms with van der Waals surface area (Å²) >= 11 is 0.